The van der Waals surface area contributed by atoms with Crippen LogP contribution in [0.2, 0.25) is 0 Å². The number of methoxy groups -OCH3 is 2. The number of halogens is 1. The second-order valence-corrected chi connectivity index (χ2v) is 5.86. The fraction of sp³-hybridized carbons (Fsp3) is 0.235. The zero-order chi connectivity index (χ0) is 17.1. The largest absolute Gasteiger partial charge is 0.497 e. The Bertz CT molecular complexity index is 778. The Labute approximate surface area is 147 Å². The predicted octanol–water partition coefficient (Wildman–Crippen LogP) is 3.49. The number of carbonyl (C=O) groups excluding carboxylic acids is 1. The Morgan fingerprint density at radius 1 is 1.08 bits per heavy atom. The van der Waals surface area contributed by atoms with E-state index in [1.807, 2.05) is 0 Å². The number of amides is 1. The molecule has 7 heteroatoms. The van der Waals surface area contributed by atoms with E-state index in [1.54, 1.807) is 30.3 Å². The van der Waals surface area contributed by atoms with E-state index in [2.05, 4.69) is 21.2 Å². The Hall–Kier alpha value is -2.41. The third kappa shape index (κ3) is 3.26. The van der Waals surface area contributed by atoms with Crippen LogP contribution in [0.5, 0.6) is 23.0 Å². The van der Waals surface area contributed by atoms with Crippen molar-refractivity contribution < 1.29 is 23.7 Å². The molecule has 6 nitrogen and oxygen atoms in total. The highest BCUT2D eigenvalue weighted by atomic mass is 79.9. The van der Waals surface area contributed by atoms with Crippen molar-refractivity contribution >= 4 is 27.5 Å². The number of fused-ring (bicyclic) bond motifs is 1. The first-order valence-electron chi connectivity index (χ1n) is 7.25. The number of hydrogen-bond acceptors (Lipinski definition) is 5. The lowest BCUT2D eigenvalue weighted by molar-refractivity contribution is 0.102. The van der Waals surface area contributed by atoms with Crippen LogP contribution >= 0.6 is 15.9 Å². The second kappa shape index (κ2) is 7.00. The van der Waals surface area contributed by atoms with E-state index in [0.29, 0.717) is 51.9 Å². The summed E-state index contributed by atoms with van der Waals surface area (Å²) in [4.78, 5) is 12.6. The Kier molecular flexibility index (Phi) is 4.80. The lowest BCUT2D eigenvalue weighted by Crippen LogP contribution is -2.17. The molecule has 0 bridgehead atoms. The normalized spacial score (nSPS) is 12.5. The van der Waals surface area contributed by atoms with Crippen LogP contribution < -0.4 is 24.3 Å². The summed E-state index contributed by atoms with van der Waals surface area (Å²) < 4.78 is 22.2. The van der Waals surface area contributed by atoms with Crippen molar-refractivity contribution in [3.8, 4) is 23.0 Å². The SMILES string of the molecule is COc1cc(Br)c(OC)c(C(=O)Nc2ccc3c(c2)OCCO3)c1. The molecule has 24 heavy (non-hydrogen) atoms. The lowest BCUT2D eigenvalue weighted by atomic mass is 10.1. The molecule has 0 fully saturated rings. The molecule has 2 aromatic rings. The number of hydrogen-bond donors (Lipinski definition) is 1. The van der Waals surface area contributed by atoms with Crippen molar-refractivity contribution in [1.29, 1.82) is 0 Å². The van der Waals surface area contributed by atoms with Crippen LogP contribution in [0, 0.1) is 0 Å². The van der Waals surface area contributed by atoms with Gasteiger partial charge in [-0.2, -0.15) is 0 Å². The maximum absolute atomic E-state index is 12.6. The molecule has 0 saturated carbocycles. The van der Waals surface area contributed by atoms with Gasteiger partial charge in [0.25, 0.3) is 5.91 Å². The summed E-state index contributed by atoms with van der Waals surface area (Å²) in [5.41, 5.74) is 0.962. The van der Waals surface area contributed by atoms with Gasteiger partial charge in [0, 0.05) is 11.8 Å². The number of rotatable bonds is 4. The number of benzene rings is 2. The third-order valence-corrected chi connectivity index (χ3v) is 4.09. The van der Waals surface area contributed by atoms with Crippen molar-refractivity contribution in [3.05, 3.63) is 40.4 Å². The smallest absolute Gasteiger partial charge is 0.259 e. The molecule has 0 aromatic heterocycles. The number of anilines is 1. The van der Waals surface area contributed by atoms with Crippen molar-refractivity contribution in [2.24, 2.45) is 0 Å². The van der Waals surface area contributed by atoms with E-state index in [0.717, 1.165) is 0 Å². The number of nitrogens with one attached hydrogen (secondary N) is 1. The van der Waals surface area contributed by atoms with Gasteiger partial charge in [-0.25, -0.2) is 0 Å². The summed E-state index contributed by atoms with van der Waals surface area (Å²) in [6.45, 7) is 1.01. The van der Waals surface area contributed by atoms with E-state index >= 15 is 0 Å². The molecule has 1 heterocycles. The monoisotopic (exact) mass is 393 g/mol. The van der Waals surface area contributed by atoms with E-state index in [1.165, 1.54) is 14.2 Å². The van der Waals surface area contributed by atoms with Crippen LogP contribution in [-0.2, 0) is 0 Å². The van der Waals surface area contributed by atoms with Gasteiger partial charge in [0.1, 0.15) is 24.7 Å². The molecule has 0 saturated heterocycles. The first-order valence-corrected chi connectivity index (χ1v) is 8.04. The van der Waals surface area contributed by atoms with E-state index < -0.39 is 0 Å². The molecular formula is C17H16BrNO5. The van der Waals surface area contributed by atoms with Gasteiger partial charge in [-0.1, -0.05) is 0 Å². The summed E-state index contributed by atoms with van der Waals surface area (Å²) in [5.74, 6) is 1.95. The minimum absolute atomic E-state index is 0.317. The van der Waals surface area contributed by atoms with Crippen LogP contribution in [0.25, 0.3) is 0 Å². The molecule has 126 valence electrons. The molecule has 0 aliphatic carbocycles. The minimum atomic E-state index is -0.317. The molecule has 3 rings (SSSR count). The Balaban J connectivity index is 1.88. The molecule has 0 atom stereocenters. The van der Waals surface area contributed by atoms with E-state index in [4.69, 9.17) is 18.9 Å². The van der Waals surface area contributed by atoms with Gasteiger partial charge >= 0.3 is 0 Å². The molecule has 1 aliphatic heterocycles. The summed E-state index contributed by atoms with van der Waals surface area (Å²) >= 11 is 3.38. The fourth-order valence-corrected chi connectivity index (χ4v) is 2.98. The van der Waals surface area contributed by atoms with Crippen molar-refractivity contribution in [2.45, 2.75) is 0 Å². The highest BCUT2D eigenvalue weighted by Crippen LogP contribution is 2.35. The highest BCUT2D eigenvalue weighted by molar-refractivity contribution is 9.10. The Morgan fingerprint density at radius 3 is 2.54 bits per heavy atom. The standard InChI is InChI=1S/C17H16BrNO5/c1-21-11-8-12(16(22-2)13(18)9-11)17(20)19-10-3-4-14-15(7-10)24-6-5-23-14/h3-4,7-9H,5-6H2,1-2H3,(H,19,20). The fourth-order valence-electron chi connectivity index (χ4n) is 2.38. The average molecular weight is 394 g/mol. The zero-order valence-electron chi connectivity index (χ0n) is 13.2. The van der Waals surface area contributed by atoms with Gasteiger partial charge in [0.2, 0.25) is 0 Å². The first kappa shape index (κ1) is 16.4. The lowest BCUT2D eigenvalue weighted by Gasteiger charge is -2.19. The second-order valence-electron chi connectivity index (χ2n) is 5.00. The highest BCUT2D eigenvalue weighted by Gasteiger charge is 2.19. The van der Waals surface area contributed by atoms with Gasteiger partial charge < -0.3 is 24.3 Å². The van der Waals surface area contributed by atoms with E-state index in [-0.39, 0.29) is 5.91 Å². The molecule has 1 aliphatic rings. The first-order chi connectivity index (χ1) is 11.6. The Morgan fingerprint density at radius 2 is 1.83 bits per heavy atom. The van der Waals surface area contributed by atoms with Gasteiger partial charge in [0.15, 0.2) is 11.5 Å². The molecule has 2 aromatic carbocycles. The van der Waals surface area contributed by atoms with Crippen LogP contribution in [-0.4, -0.2) is 33.3 Å². The molecule has 1 amide bonds. The molecule has 1 N–H and O–H groups in total. The van der Waals surface area contributed by atoms with Crippen molar-refractivity contribution in [3.63, 3.8) is 0 Å². The van der Waals surface area contributed by atoms with Crippen LogP contribution in [0.4, 0.5) is 5.69 Å². The van der Waals surface area contributed by atoms with Crippen LogP contribution in [0.1, 0.15) is 10.4 Å². The zero-order valence-corrected chi connectivity index (χ0v) is 14.8. The van der Waals surface area contributed by atoms with Crippen molar-refractivity contribution in [1.82, 2.24) is 0 Å². The minimum Gasteiger partial charge on any atom is -0.497 e. The van der Waals surface area contributed by atoms with Gasteiger partial charge in [0.05, 0.1) is 24.3 Å². The van der Waals surface area contributed by atoms with Crippen LogP contribution in [0.15, 0.2) is 34.8 Å². The predicted molar refractivity (Wildman–Crippen MR) is 92.6 cm³/mol. The summed E-state index contributed by atoms with van der Waals surface area (Å²) in [6.07, 6.45) is 0. The van der Waals surface area contributed by atoms with Gasteiger partial charge in [-0.15, -0.1) is 0 Å². The van der Waals surface area contributed by atoms with Gasteiger partial charge in [-0.3, -0.25) is 4.79 Å². The number of ether oxygens (including phenoxy) is 4. The topological polar surface area (TPSA) is 66.0 Å². The summed E-state index contributed by atoms with van der Waals surface area (Å²) in [5, 5.41) is 2.83. The number of carbonyl (C=O) groups is 1. The van der Waals surface area contributed by atoms with Crippen LogP contribution in [0.3, 0.4) is 0 Å². The maximum Gasteiger partial charge on any atom is 0.259 e. The molecular weight excluding hydrogens is 378 g/mol. The molecule has 0 spiro atoms. The average Bonchev–Trinajstić information content (AvgIpc) is 2.60. The maximum atomic E-state index is 12.6. The van der Waals surface area contributed by atoms with Crippen molar-refractivity contribution in [2.75, 3.05) is 32.8 Å². The van der Waals surface area contributed by atoms with Gasteiger partial charge in [-0.05, 0) is 40.2 Å². The molecule has 0 unspecified atom stereocenters. The molecule has 0 radical (unpaired) electrons. The summed E-state index contributed by atoms with van der Waals surface area (Å²) in [6, 6.07) is 8.61. The van der Waals surface area contributed by atoms with E-state index in [9.17, 15) is 4.79 Å². The summed E-state index contributed by atoms with van der Waals surface area (Å²) in [7, 11) is 3.05. The quantitative estimate of drug-likeness (QED) is 0.860. The third-order valence-electron chi connectivity index (χ3n) is 3.50.